The third-order valence-electron chi connectivity index (χ3n) is 7.22. The van der Waals surface area contributed by atoms with Crippen LogP contribution in [0, 0.1) is 0 Å². The van der Waals surface area contributed by atoms with Crippen LogP contribution in [-0.4, -0.2) is 12.5 Å². The summed E-state index contributed by atoms with van der Waals surface area (Å²) < 4.78 is 0. The van der Waals surface area contributed by atoms with Gasteiger partial charge in [-0.3, -0.25) is 4.79 Å². The molecule has 2 aliphatic heterocycles. The molecule has 3 nitrogen and oxygen atoms in total. The topological polar surface area (TPSA) is 41.1 Å². The first-order valence-electron chi connectivity index (χ1n) is 11.2. The first-order chi connectivity index (χ1) is 16.1. The second kappa shape index (κ2) is 7.88. The third kappa shape index (κ3) is 3.11. The van der Waals surface area contributed by atoms with E-state index in [1.165, 1.54) is 0 Å². The predicted octanol–water partition coefficient (Wildman–Crippen LogP) is 6.85. The molecule has 4 aromatic carbocycles. The molecule has 1 spiro atoms. The fourth-order valence-corrected chi connectivity index (χ4v) is 6.30. The normalized spacial score (nSPS) is 24.1. The number of amides is 1. The number of anilines is 1. The van der Waals surface area contributed by atoms with Gasteiger partial charge in [0.2, 0.25) is 5.91 Å². The Morgan fingerprint density at radius 1 is 0.848 bits per heavy atom. The van der Waals surface area contributed by atoms with Gasteiger partial charge in [0.25, 0.3) is 0 Å². The van der Waals surface area contributed by atoms with Crippen LogP contribution in [0.5, 0.6) is 0 Å². The second-order valence-electron chi connectivity index (χ2n) is 8.86. The molecule has 2 aliphatic rings. The lowest BCUT2D eigenvalue weighted by atomic mass is 9.59. The molecule has 0 aromatic heterocycles. The smallest absolute Gasteiger partial charge is 0.237 e. The van der Waals surface area contributed by atoms with Crippen molar-refractivity contribution < 1.29 is 4.79 Å². The molecule has 0 radical (unpaired) electrons. The van der Waals surface area contributed by atoms with Crippen molar-refractivity contribution in [3.8, 4) is 0 Å². The highest BCUT2D eigenvalue weighted by molar-refractivity contribution is 6.31. The van der Waals surface area contributed by atoms with Crippen LogP contribution in [0.25, 0.3) is 10.8 Å². The van der Waals surface area contributed by atoms with Crippen LogP contribution in [0.2, 0.25) is 10.0 Å². The molecule has 33 heavy (non-hydrogen) atoms. The first kappa shape index (κ1) is 20.7. The summed E-state index contributed by atoms with van der Waals surface area (Å²) in [6.45, 7) is 0.795. The van der Waals surface area contributed by atoms with Gasteiger partial charge in [0.1, 0.15) is 5.41 Å². The van der Waals surface area contributed by atoms with Crippen molar-refractivity contribution in [3.63, 3.8) is 0 Å². The Balaban J connectivity index is 1.65. The van der Waals surface area contributed by atoms with E-state index in [9.17, 15) is 4.79 Å². The van der Waals surface area contributed by atoms with Crippen LogP contribution in [0.3, 0.4) is 0 Å². The van der Waals surface area contributed by atoms with Crippen LogP contribution in [0.15, 0.2) is 84.9 Å². The lowest BCUT2D eigenvalue weighted by Gasteiger charge is -2.47. The summed E-state index contributed by atoms with van der Waals surface area (Å²) in [6.07, 6.45) is 0.817. The van der Waals surface area contributed by atoms with Gasteiger partial charge in [-0.05, 0) is 64.7 Å². The second-order valence-corrected chi connectivity index (χ2v) is 9.74. The molecule has 0 bridgehead atoms. The molecule has 5 heteroatoms. The average Bonchev–Trinajstić information content (AvgIpc) is 3.10. The zero-order valence-corrected chi connectivity index (χ0v) is 19.3. The van der Waals surface area contributed by atoms with Crippen LogP contribution in [0.4, 0.5) is 5.69 Å². The van der Waals surface area contributed by atoms with E-state index in [0.717, 1.165) is 46.1 Å². The summed E-state index contributed by atoms with van der Waals surface area (Å²) in [5.41, 5.74) is 3.12. The number of hydrogen-bond acceptors (Lipinski definition) is 2. The number of fused-ring (bicyclic) bond motifs is 3. The van der Waals surface area contributed by atoms with Crippen LogP contribution in [0.1, 0.15) is 35.1 Å². The highest BCUT2D eigenvalue weighted by Gasteiger charge is 2.59. The van der Waals surface area contributed by atoms with Crippen molar-refractivity contribution in [1.82, 2.24) is 5.32 Å². The number of halogens is 2. The van der Waals surface area contributed by atoms with E-state index < -0.39 is 5.41 Å². The molecule has 1 amide bonds. The molecule has 6 rings (SSSR count). The monoisotopic (exact) mass is 472 g/mol. The lowest BCUT2D eigenvalue weighted by Crippen LogP contribution is -2.55. The van der Waals surface area contributed by atoms with Crippen LogP contribution >= 0.6 is 23.2 Å². The number of piperidine rings is 1. The lowest BCUT2D eigenvalue weighted by molar-refractivity contribution is -0.123. The third-order valence-corrected chi connectivity index (χ3v) is 7.69. The van der Waals surface area contributed by atoms with Crippen LogP contribution in [-0.2, 0) is 10.2 Å². The van der Waals surface area contributed by atoms with Gasteiger partial charge in [-0.15, -0.1) is 0 Å². The fraction of sp³-hybridized carbons (Fsp3) is 0.179. The molecule has 1 saturated heterocycles. The molecular weight excluding hydrogens is 451 g/mol. The molecule has 3 atom stereocenters. The average molecular weight is 473 g/mol. The van der Waals surface area contributed by atoms with E-state index in [1.54, 1.807) is 0 Å². The number of benzene rings is 4. The van der Waals surface area contributed by atoms with E-state index in [4.69, 9.17) is 23.2 Å². The summed E-state index contributed by atoms with van der Waals surface area (Å²) >= 11 is 12.7. The van der Waals surface area contributed by atoms with Gasteiger partial charge >= 0.3 is 0 Å². The summed E-state index contributed by atoms with van der Waals surface area (Å²) in [6, 6.07) is 28.2. The van der Waals surface area contributed by atoms with Crippen molar-refractivity contribution in [3.05, 3.63) is 112 Å². The van der Waals surface area contributed by atoms with Crippen molar-refractivity contribution in [2.45, 2.75) is 23.8 Å². The van der Waals surface area contributed by atoms with E-state index in [1.807, 2.05) is 42.5 Å². The van der Waals surface area contributed by atoms with E-state index in [0.29, 0.717) is 10.0 Å². The Kier molecular flexibility index (Phi) is 4.95. The molecule has 164 valence electrons. The van der Waals surface area contributed by atoms with E-state index in [-0.39, 0.29) is 17.9 Å². The maximum absolute atomic E-state index is 14.1. The van der Waals surface area contributed by atoms with Crippen molar-refractivity contribution in [2.75, 3.05) is 11.9 Å². The van der Waals surface area contributed by atoms with Crippen molar-refractivity contribution in [2.24, 2.45) is 0 Å². The number of carbonyl (C=O) groups excluding carboxylic acids is 1. The minimum Gasteiger partial charge on any atom is -0.325 e. The Morgan fingerprint density at radius 3 is 2.52 bits per heavy atom. The van der Waals surface area contributed by atoms with Gasteiger partial charge in [-0.1, -0.05) is 83.9 Å². The quantitative estimate of drug-likeness (QED) is 0.334. The Hall–Kier alpha value is -2.85. The van der Waals surface area contributed by atoms with Gasteiger partial charge in [0, 0.05) is 21.7 Å². The maximum Gasteiger partial charge on any atom is 0.237 e. The van der Waals surface area contributed by atoms with E-state index in [2.05, 4.69) is 53.1 Å². The SMILES string of the molecule is O=C1Nc2cc(Cl)ccc2[C@@]12[C@H](c1cccc(Cl)c1)CCN[C@H]2c1cccc2ccccc12. The summed E-state index contributed by atoms with van der Waals surface area (Å²) in [7, 11) is 0. The number of rotatable bonds is 2. The zero-order chi connectivity index (χ0) is 22.6. The minimum absolute atomic E-state index is 0.00474. The molecule has 0 saturated carbocycles. The van der Waals surface area contributed by atoms with Gasteiger partial charge in [0.15, 0.2) is 0 Å². The van der Waals surface area contributed by atoms with E-state index >= 15 is 0 Å². The number of carbonyl (C=O) groups is 1. The predicted molar refractivity (Wildman–Crippen MR) is 135 cm³/mol. The molecule has 4 aromatic rings. The number of hydrogen-bond donors (Lipinski definition) is 2. The van der Waals surface area contributed by atoms with Crippen molar-refractivity contribution >= 4 is 45.6 Å². The Morgan fingerprint density at radius 2 is 1.64 bits per heavy atom. The summed E-state index contributed by atoms with van der Waals surface area (Å²) in [5, 5.41) is 10.5. The van der Waals surface area contributed by atoms with Gasteiger partial charge in [-0.25, -0.2) is 0 Å². The van der Waals surface area contributed by atoms with Crippen molar-refractivity contribution in [1.29, 1.82) is 0 Å². The molecule has 0 unspecified atom stereocenters. The standard InChI is InChI=1S/C28H22Cl2N2O/c29-19-8-3-7-18(15-19)23-13-14-31-26(22-10-4-6-17-5-1-2-9-21(17)22)28(23)24-12-11-20(30)16-25(24)32-27(28)33/h1-12,15-16,23,26,31H,13-14H2,(H,32,33)/t23-,26-,28+/m0/s1. The highest BCUT2D eigenvalue weighted by atomic mass is 35.5. The zero-order valence-electron chi connectivity index (χ0n) is 17.8. The Bertz CT molecular complexity index is 1400. The molecule has 2 heterocycles. The number of nitrogens with one attached hydrogen (secondary N) is 2. The molecule has 0 aliphatic carbocycles. The fourth-order valence-electron chi connectivity index (χ4n) is 5.93. The van der Waals surface area contributed by atoms with Crippen LogP contribution < -0.4 is 10.6 Å². The summed E-state index contributed by atoms with van der Waals surface area (Å²) in [5.74, 6) is -0.0567. The molecule has 2 N–H and O–H groups in total. The largest absolute Gasteiger partial charge is 0.325 e. The van der Waals surface area contributed by atoms with Gasteiger partial charge in [-0.2, -0.15) is 0 Å². The first-order valence-corrected chi connectivity index (χ1v) is 11.9. The van der Waals surface area contributed by atoms with Gasteiger partial charge in [0.05, 0.1) is 6.04 Å². The molecular formula is C28H22Cl2N2O. The van der Waals surface area contributed by atoms with Gasteiger partial charge < -0.3 is 10.6 Å². The minimum atomic E-state index is -0.840. The summed E-state index contributed by atoms with van der Waals surface area (Å²) in [4.78, 5) is 14.1. The molecule has 1 fully saturated rings. The maximum atomic E-state index is 14.1. The highest BCUT2D eigenvalue weighted by Crippen LogP contribution is 2.58. The Labute approximate surface area is 202 Å².